The summed E-state index contributed by atoms with van der Waals surface area (Å²) in [7, 11) is 0. The Hall–Kier alpha value is -1.04. The first-order chi connectivity index (χ1) is 9.34. The van der Waals surface area contributed by atoms with Crippen LogP contribution in [-0.4, -0.2) is 12.5 Å². The lowest BCUT2D eigenvalue weighted by molar-refractivity contribution is -0.129. The molecule has 0 aromatic rings. The highest BCUT2D eigenvalue weighted by Gasteiger charge is 2.37. The van der Waals surface area contributed by atoms with Crippen LogP contribution in [0.15, 0.2) is 0 Å². The van der Waals surface area contributed by atoms with Crippen molar-refractivity contribution in [1.82, 2.24) is 5.32 Å². The first-order valence-corrected chi connectivity index (χ1v) is 8.04. The fourth-order valence-corrected chi connectivity index (χ4v) is 2.99. The van der Waals surface area contributed by atoms with Gasteiger partial charge in [-0.3, -0.25) is 4.79 Å². The summed E-state index contributed by atoms with van der Waals surface area (Å²) >= 11 is 0. The Kier molecular flexibility index (Phi) is 8.53. The number of rotatable bonds is 9. The van der Waals surface area contributed by atoms with E-state index < -0.39 is 5.41 Å². The zero-order valence-corrected chi connectivity index (χ0v) is 14.1. The second kappa shape index (κ2) is 9.00. The van der Waals surface area contributed by atoms with Crippen molar-refractivity contribution >= 4 is 5.91 Å². The van der Waals surface area contributed by atoms with Gasteiger partial charge >= 0.3 is 0 Å². The van der Waals surface area contributed by atoms with Gasteiger partial charge in [0, 0.05) is 6.54 Å². The lowest BCUT2D eigenvalue weighted by Gasteiger charge is -2.29. The van der Waals surface area contributed by atoms with Crippen LogP contribution in [0.5, 0.6) is 0 Å². The predicted molar refractivity (Wildman–Crippen MR) is 84.0 cm³/mol. The SMILES string of the molecule is CCCC(C#N)(CCC)C(=O)NCC(C(C)C)C(C)C. The molecule has 0 aromatic carbocycles. The van der Waals surface area contributed by atoms with E-state index >= 15 is 0 Å². The number of carbonyl (C=O) groups is 1. The van der Waals surface area contributed by atoms with E-state index in [2.05, 4.69) is 39.1 Å². The second-order valence-corrected chi connectivity index (χ2v) is 6.56. The first kappa shape index (κ1) is 19.0. The van der Waals surface area contributed by atoms with E-state index in [1.807, 2.05) is 13.8 Å². The van der Waals surface area contributed by atoms with Crippen LogP contribution in [0, 0.1) is 34.5 Å². The van der Waals surface area contributed by atoms with Crippen molar-refractivity contribution in [2.45, 2.75) is 67.2 Å². The number of carbonyl (C=O) groups excluding carboxylic acids is 1. The molecule has 0 radical (unpaired) electrons. The molecule has 0 fully saturated rings. The minimum absolute atomic E-state index is 0.0741. The maximum atomic E-state index is 12.5. The van der Waals surface area contributed by atoms with Crippen LogP contribution >= 0.6 is 0 Å². The lowest BCUT2D eigenvalue weighted by atomic mass is 9.79. The Morgan fingerprint density at radius 2 is 1.55 bits per heavy atom. The van der Waals surface area contributed by atoms with Crippen molar-refractivity contribution in [1.29, 1.82) is 5.26 Å². The molecule has 0 saturated carbocycles. The molecule has 1 amide bonds. The number of nitriles is 1. The largest absolute Gasteiger partial charge is 0.354 e. The average Bonchev–Trinajstić information content (AvgIpc) is 2.37. The summed E-state index contributed by atoms with van der Waals surface area (Å²) in [5.74, 6) is 1.45. The summed E-state index contributed by atoms with van der Waals surface area (Å²) in [6.45, 7) is 13.5. The van der Waals surface area contributed by atoms with Crippen molar-refractivity contribution in [3.63, 3.8) is 0 Å². The Morgan fingerprint density at radius 3 is 1.85 bits per heavy atom. The van der Waals surface area contributed by atoms with E-state index in [4.69, 9.17) is 0 Å². The molecule has 1 N–H and O–H groups in total. The fraction of sp³-hybridized carbons (Fsp3) is 0.882. The summed E-state index contributed by atoms with van der Waals surface area (Å²) in [5, 5.41) is 12.5. The zero-order valence-electron chi connectivity index (χ0n) is 14.1. The molecule has 3 nitrogen and oxygen atoms in total. The van der Waals surface area contributed by atoms with Gasteiger partial charge in [-0.25, -0.2) is 0 Å². The molecule has 0 unspecified atom stereocenters. The topological polar surface area (TPSA) is 52.9 Å². The molecule has 0 heterocycles. The standard InChI is InChI=1S/C17H32N2O/c1-7-9-17(12-18,10-8-2)16(20)19-11-15(13(3)4)14(5)6/h13-15H,7-11H2,1-6H3,(H,19,20). The molecule has 116 valence electrons. The van der Waals surface area contributed by atoms with Crippen LogP contribution in [0.3, 0.4) is 0 Å². The number of nitrogens with one attached hydrogen (secondary N) is 1. The van der Waals surface area contributed by atoms with Gasteiger partial charge in [-0.2, -0.15) is 5.26 Å². The predicted octanol–water partition coefficient (Wildman–Crippen LogP) is 4.14. The third kappa shape index (κ3) is 5.15. The second-order valence-electron chi connectivity index (χ2n) is 6.56. The van der Waals surface area contributed by atoms with Crippen LogP contribution in [0.1, 0.15) is 67.2 Å². The number of hydrogen-bond acceptors (Lipinski definition) is 2. The number of nitrogens with zero attached hydrogens (tertiary/aromatic N) is 1. The van der Waals surface area contributed by atoms with Crippen LogP contribution in [-0.2, 0) is 4.79 Å². The molecule has 0 aliphatic carbocycles. The van der Waals surface area contributed by atoms with Gasteiger partial charge in [-0.1, -0.05) is 54.4 Å². The minimum Gasteiger partial charge on any atom is -0.354 e. The van der Waals surface area contributed by atoms with E-state index in [0.29, 0.717) is 37.1 Å². The monoisotopic (exact) mass is 280 g/mol. The maximum Gasteiger partial charge on any atom is 0.240 e. The van der Waals surface area contributed by atoms with Crippen molar-refractivity contribution in [3.05, 3.63) is 0 Å². The quantitative estimate of drug-likeness (QED) is 0.690. The summed E-state index contributed by atoms with van der Waals surface area (Å²) in [6.07, 6.45) is 3.02. The molecule has 0 saturated heterocycles. The highest BCUT2D eigenvalue weighted by atomic mass is 16.2. The van der Waals surface area contributed by atoms with Crippen molar-refractivity contribution in [2.75, 3.05) is 6.54 Å². The van der Waals surface area contributed by atoms with E-state index in [9.17, 15) is 10.1 Å². The van der Waals surface area contributed by atoms with Gasteiger partial charge in [0.05, 0.1) is 6.07 Å². The van der Waals surface area contributed by atoms with Crippen LogP contribution in [0.4, 0.5) is 0 Å². The fourth-order valence-electron chi connectivity index (χ4n) is 2.99. The molecule has 0 aliphatic rings. The van der Waals surface area contributed by atoms with Gasteiger partial charge in [0.25, 0.3) is 0 Å². The summed E-state index contributed by atoms with van der Waals surface area (Å²) in [6, 6.07) is 2.29. The molecule has 20 heavy (non-hydrogen) atoms. The summed E-state index contributed by atoms with van der Waals surface area (Å²) in [5.41, 5.74) is -0.831. The molecule has 0 rings (SSSR count). The third-order valence-electron chi connectivity index (χ3n) is 4.21. The van der Waals surface area contributed by atoms with Crippen LogP contribution in [0.2, 0.25) is 0 Å². The van der Waals surface area contributed by atoms with Gasteiger partial charge in [0.1, 0.15) is 5.41 Å². The third-order valence-corrected chi connectivity index (χ3v) is 4.21. The number of amides is 1. The van der Waals surface area contributed by atoms with Gasteiger partial charge in [-0.05, 0) is 30.6 Å². The molecule has 0 bridgehead atoms. The Bertz CT molecular complexity index is 314. The molecule has 0 atom stereocenters. The lowest BCUT2D eigenvalue weighted by Crippen LogP contribution is -2.43. The smallest absolute Gasteiger partial charge is 0.240 e. The van der Waals surface area contributed by atoms with Gasteiger partial charge in [0.15, 0.2) is 0 Å². The maximum absolute atomic E-state index is 12.5. The van der Waals surface area contributed by atoms with Crippen molar-refractivity contribution in [3.8, 4) is 6.07 Å². The van der Waals surface area contributed by atoms with Crippen molar-refractivity contribution < 1.29 is 4.79 Å². The van der Waals surface area contributed by atoms with Crippen LogP contribution < -0.4 is 5.32 Å². The van der Waals surface area contributed by atoms with Crippen LogP contribution in [0.25, 0.3) is 0 Å². The van der Waals surface area contributed by atoms with E-state index in [-0.39, 0.29) is 5.91 Å². The molecule has 0 aliphatic heterocycles. The molecular formula is C17H32N2O. The summed E-state index contributed by atoms with van der Waals surface area (Å²) in [4.78, 5) is 12.5. The van der Waals surface area contributed by atoms with E-state index in [0.717, 1.165) is 12.8 Å². The van der Waals surface area contributed by atoms with Gasteiger partial charge in [-0.15, -0.1) is 0 Å². The number of hydrogen-bond donors (Lipinski definition) is 1. The highest BCUT2D eigenvalue weighted by molar-refractivity contribution is 5.85. The highest BCUT2D eigenvalue weighted by Crippen LogP contribution is 2.30. The summed E-state index contributed by atoms with van der Waals surface area (Å²) < 4.78 is 0. The average molecular weight is 280 g/mol. The van der Waals surface area contributed by atoms with Gasteiger partial charge < -0.3 is 5.32 Å². The molecule has 3 heteroatoms. The van der Waals surface area contributed by atoms with E-state index in [1.165, 1.54) is 0 Å². The Labute approximate surface area is 125 Å². The van der Waals surface area contributed by atoms with Gasteiger partial charge in [0.2, 0.25) is 5.91 Å². The first-order valence-electron chi connectivity index (χ1n) is 8.04. The van der Waals surface area contributed by atoms with Crippen molar-refractivity contribution in [2.24, 2.45) is 23.2 Å². The molecular weight excluding hydrogens is 248 g/mol. The normalized spacial score (nSPS) is 12.0. The minimum atomic E-state index is -0.831. The molecule has 0 aromatic heterocycles. The van der Waals surface area contributed by atoms with E-state index in [1.54, 1.807) is 0 Å². The molecule has 0 spiro atoms. The Morgan fingerprint density at radius 1 is 1.10 bits per heavy atom. The zero-order chi connectivity index (χ0) is 15.8. The Balaban J connectivity index is 4.81.